The molecule has 1 atom stereocenters. The van der Waals surface area contributed by atoms with Crippen molar-refractivity contribution in [3.05, 3.63) is 23.9 Å². The molecule has 0 saturated carbocycles. The lowest BCUT2D eigenvalue weighted by atomic mass is 9.98. The smallest absolute Gasteiger partial charge is 0.312 e. The van der Waals surface area contributed by atoms with Crippen LogP contribution in [0.15, 0.2) is 23.9 Å². The first-order valence-corrected chi connectivity index (χ1v) is 4.07. The molecule has 3 N–H and O–H groups in total. The number of carboxylic acid groups (broad SMARTS) is 1. The molecule has 0 aromatic carbocycles. The van der Waals surface area contributed by atoms with Crippen LogP contribution < -0.4 is 5.73 Å². The van der Waals surface area contributed by atoms with Crippen molar-refractivity contribution in [3.63, 3.8) is 0 Å². The van der Waals surface area contributed by atoms with Crippen molar-refractivity contribution in [1.82, 2.24) is 0 Å². The Labute approximate surface area is 72.6 Å². The molecule has 1 unspecified atom stereocenters. The van der Waals surface area contributed by atoms with Gasteiger partial charge in [-0.25, -0.2) is 0 Å². The highest BCUT2D eigenvalue weighted by atomic mass is 16.4. The third kappa shape index (κ3) is 2.78. The number of rotatable bonds is 1. The van der Waals surface area contributed by atoms with Gasteiger partial charge in [0.1, 0.15) is 0 Å². The Morgan fingerprint density at radius 2 is 2.25 bits per heavy atom. The van der Waals surface area contributed by atoms with Crippen molar-refractivity contribution in [2.45, 2.75) is 20.3 Å². The molecule has 1 rings (SSSR count). The fourth-order valence-corrected chi connectivity index (χ4v) is 0.889. The van der Waals surface area contributed by atoms with Crippen LogP contribution in [0.5, 0.6) is 0 Å². The molecule has 0 aliphatic heterocycles. The zero-order chi connectivity index (χ0) is 9.56. The fourth-order valence-electron chi connectivity index (χ4n) is 0.889. The number of allylic oxidation sites excluding steroid dienone is 3. The predicted octanol–water partition coefficient (Wildman–Crippen LogP) is 1.52. The summed E-state index contributed by atoms with van der Waals surface area (Å²) in [4.78, 5) is 10.4. The molecule has 3 heteroatoms. The predicted molar refractivity (Wildman–Crippen MR) is 48.5 cm³/mol. The van der Waals surface area contributed by atoms with E-state index >= 15 is 0 Å². The van der Waals surface area contributed by atoms with Crippen LogP contribution in [-0.2, 0) is 4.79 Å². The van der Waals surface area contributed by atoms with Gasteiger partial charge in [-0.05, 0) is 12.5 Å². The Hall–Kier alpha value is -1.25. The molecule has 1 aliphatic rings. The molecule has 0 fully saturated rings. The van der Waals surface area contributed by atoms with E-state index < -0.39 is 11.9 Å². The lowest BCUT2D eigenvalue weighted by Gasteiger charge is -2.12. The van der Waals surface area contributed by atoms with Crippen LogP contribution >= 0.6 is 0 Å². The van der Waals surface area contributed by atoms with Gasteiger partial charge in [-0.1, -0.05) is 26.0 Å². The van der Waals surface area contributed by atoms with E-state index in [0.717, 1.165) is 0 Å². The third-order valence-corrected chi connectivity index (χ3v) is 1.50. The summed E-state index contributed by atoms with van der Waals surface area (Å²) in [5.74, 6) is -1.36. The van der Waals surface area contributed by atoms with Crippen LogP contribution in [-0.4, -0.2) is 11.1 Å². The van der Waals surface area contributed by atoms with E-state index in [1.807, 2.05) is 13.8 Å². The lowest BCUT2D eigenvalue weighted by Crippen LogP contribution is -2.21. The van der Waals surface area contributed by atoms with E-state index in [1.54, 1.807) is 18.2 Å². The Bertz CT molecular complexity index is 207. The first-order chi connectivity index (χ1) is 5.72. The van der Waals surface area contributed by atoms with E-state index in [0.29, 0.717) is 12.1 Å². The summed E-state index contributed by atoms with van der Waals surface area (Å²) in [7, 11) is 0. The van der Waals surface area contributed by atoms with Gasteiger partial charge in [-0.2, -0.15) is 0 Å². The molecular formula is C9H15NO2. The average molecular weight is 169 g/mol. The highest BCUT2D eigenvalue weighted by molar-refractivity contribution is 5.74. The number of carboxylic acids is 1. The van der Waals surface area contributed by atoms with Crippen LogP contribution in [0.2, 0.25) is 0 Å². The number of carbonyl (C=O) groups is 1. The van der Waals surface area contributed by atoms with E-state index in [9.17, 15) is 4.79 Å². The summed E-state index contributed by atoms with van der Waals surface area (Å²) in [6.07, 6.45) is 5.71. The molecule has 0 radical (unpaired) electrons. The molecule has 0 heterocycles. The summed E-state index contributed by atoms with van der Waals surface area (Å²) in [6, 6.07) is 0. The van der Waals surface area contributed by atoms with Gasteiger partial charge in [-0.3, -0.25) is 4.79 Å². The third-order valence-electron chi connectivity index (χ3n) is 1.50. The molecule has 0 aromatic rings. The molecule has 12 heavy (non-hydrogen) atoms. The first kappa shape index (κ1) is 10.8. The van der Waals surface area contributed by atoms with E-state index in [2.05, 4.69) is 0 Å². The van der Waals surface area contributed by atoms with E-state index in [-0.39, 0.29) is 0 Å². The minimum Gasteiger partial charge on any atom is -0.481 e. The summed E-state index contributed by atoms with van der Waals surface area (Å²) in [5.41, 5.74) is 5.85. The van der Waals surface area contributed by atoms with Gasteiger partial charge in [-0.15, -0.1) is 0 Å². The maximum atomic E-state index is 10.4. The second-order valence-electron chi connectivity index (χ2n) is 2.22. The Balaban J connectivity index is 0.000000561. The van der Waals surface area contributed by atoms with Crippen molar-refractivity contribution < 1.29 is 9.90 Å². The first-order valence-electron chi connectivity index (χ1n) is 4.07. The summed E-state index contributed by atoms with van der Waals surface area (Å²) >= 11 is 0. The van der Waals surface area contributed by atoms with Crippen LogP contribution in [0.3, 0.4) is 0 Å². The molecule has 0 amide bonds. The number of nitrogens with two attached hydrogens (primary N) is 1. The molecule has 0 spiro atoms. The van der Waals surface area contributed by atoms with Crippen LogP contribution in [0.4, 0.5) is 0 Å². The van der Waals surface area contributed by atoms with Crippen LogP contribution in [0.25, 0.3) is 0 Å². The van der Waals surface area contributed by atoms with Crippen molar-refractivity contribution >= 4 is 5.97 Å². The number of aliphatic carboxylic acids is 1. The summed E-state index contributed by atoms with van der Waals surface area (Å²) in [5, 5.41) is 8.55. The van der Waals surface area contributed by atoms with Gasteiger partial charge < -0.3 is 10.8 Å². The SMILES string of the molecule is CC.NC1=CC=CCC1C(=O)O. The molecule has 0 saturated heterocycles. The van der Waals surface area contributed by atoms with Gasteiger partial charge in [0.2, 0.25) is 0 Å². The molecule has 0 aromatic heterocycles. The minimum atomic E-state index is -0.849. The van der Waals surface area contributed by atoms with Gasteiger partial charge in [0.15, 0.2) is 0 Å². The standard InChI is InChI=1S/C7H9NO2.C2H6/c8-6-4-2-1-3-5(6)7(9)10;1-2/h1-2,4-5H,3,8H2,(H,9,10);1-2H3. The average Bonchev–Trinajstić information content (AvgIpc) is 2.08. The lowest BCUT2D eigenvalue weighted by molar-refractivity contribution is -0.140. The minimum absolute atomic E-state index is 0.440. The summed E-state index contributed by atoms with van der Waals surface area (Å²) in [6.45, 7) is 4.00. The highest BCUT2D eigenvalue weighted by Crippen LogP contribution is 2.15. The van der Waals surface area contributed by atoms with Gasteiger partial charge in [0.25, 0.3) is 0 Å². The summed E-state index contributed by atoms with van der Waals surface area (Å²) < 4.78 is 0. The molecule has 68 valence electrons. The molecular weight excluding hydrogens is 154 g/mol. The number of hydrogen-bond acceptors (Lipinski definition) is 2. The van der Waals surface area contributed by atoms with Crippen LogP contribution in [0.1, 0.15) is 20.3 Å². The maximum Gasteiger partial charge on any atom is 0.312 e. The Morgan fingerprint density at radius 3 is 2.58 bits per heavy atom. The van der Waals surface area contributed by atoms with Gasteiger partial charge in [0, 0.05) is 5.70 Å². The second-order valence-corrected chi connectivity index (χ2v) is 2.22. The van der Waals surface area contributed by atoms with Crippen molar-refractivity contribution in [2.24, 2.45) is 11.7 Å². The monoisotopic (exact) mass is 169 g/mol. The number of hydrogen-bond donors (Lipinski definition) is 2. The zero-order valence-electron chi connectivity index (χ0n) is 7.45. The molecule has 3 nitrogen and oxygen atoms in total. The Morgan fingerprint density at radius 1 is 1.67 bits per heavy atom. The van der Waals surface area contributed by atoms with Crippen molar-refractivity contribution in [1.29, 1.82) is 0 Å². The largest absolute Gasteiger partial charge is 0.481 e. The second kappa shape index (κ2) is 5.41. The Kier molecular flexibility index (Phi) is 4.84. The highest BCUT2D eigenvalue weighted by Gasteiger charge is 2.19. The molecule has 0 bridgehead atoms. The van der Waals surface area contributed by atoms with Gasteiger partial charge >= 0.3 is 5.97 Å². The zero-order valence-corrected chi connectivity index (χ0v) is 7.45. The topological polar surface area (TPSA) is 63.3 Å². The van der Waals surface area contributed by atoms with Gasteiger partial charge in [0.05, 0.1) is 5.92 Å². The van der Waals surface area contributed by atoms with Crippen molar-refractivity contribution in [3.8, 4) is 0 Å². The fraction of sp³-hybridized carbons (Fsp3) is 0.444. The molecule has 1 aliphatic carbocycles. The normalized spacial score (nSPS) is 20.5. The van der Waals surface area contributed by atoms with E-state index in [4.69, 9.17) is 10.8 Å². The quantitative estimate of drug-likeness (QED) is 0.625. The van der Waals surface area contributed by atoms with E-state index in [1.165, 1.54) is 0 Å². The van der Waals surface area contributed by atoms with Crippen molar-refractivity contribution in [2.75, 3.05) is 0 Å². The van der Waals surface area contributed by atoms with Crippen LogP contribution in [0, 0.1) is 5.92 Å². The maximum absolute atomic E-state index is 10.4.